The Labute approximate surface area is 121 Å². The maximum Gasteiger partial charge on any atom is 0.234 e. The van der Waals surface area contributed by atoms with Gasteiger partial charge in [-0.3, -0.25) is 4.79 Å². The number of hydrogen-bond donors (Lipinski definition) is 2. The molecule has 2 rings (SSSR count). The first-order valence-corrected chi connectivity index (χ1v) is 9.12. The minimum absolute atomic E-state index is 0.193. The molecule has 2 N–H and O–H groups in total. The zero-order valence-corrected chi connectivity index (χ0v) is 12.9. The Bertz CT molecular complexity index is 271. The summed E-state index contributed by atoms with van der Waals surface area (Å²) >= 11 is 1.99. The molecule has 2 aliphatic rings. The van der Waals surface area contributed by atoms with Crippen molar-refractivity contribution >= 4 is 17.7 Å². The van der Waals surface area contributed by atoms with E-state index in [0.29, 0.717) is 18.6 Å². The van der Waals surface area contributed by atoms with Crippen LogP contribution in [-0.4, -0.2) is 36.0 Å². The van der Waals surface area contributed by atoms with Crippen molar-refractivity contribution in [3.05, 3.63) is 0 Å². The monoisotopic (exact) mass is 284 g/mol. The summed E-state index contributed by atoms with van der Waals surface area (Å²) in [6, 6.07) is 0.996. The van der Waals surface area contributed by atoms with Gasteiger partial charge >= 0.3 is 0 Å². The predicted octanol–water partition coefficient (Wildman–Crippen LogP) is 2.70. The van der Waals surface area contributed by atoms with Crippen LogP contribution in [0.25, 0.3) is 0 Å². The zero-order chi connectivity index (χ0) is 13.5. The third kappa shape index (κ3) is 5.35. The normalized spacial score (nSPS) is 29.1. The highest BCUT2D eigenvalue weighted by atomic mass is 32.2. The molecule has 3 nitrogen and oxygen atoms in total. The SMILES string of the molecule is CSC1CCC(NCC(=O)NC2CCCCC2)CC1. The Morgan fingerprint density at radius 1 is 1.00 bits per heavy atom. The first-order valence-electron chi connectivity index (χ1n) is 7.83. The summed E-state index contributed by atoms with van der Waals surface area (Å²) in [5.74, 6) is 0.193. The molecule has 0 heterocycles. The average Bonchev–Trinajstić information content (AvgIpc) is 2.47. The highest BCUT2D eigenvalue weighted by Gasteiger charge is 2.21. The Hall–Kier alpha value is -0.220. The minimum atomic E-state index is 0.193. The summed E-state index contributed by atoms with van der Waals surface area (Å²) < 4.78 is 0. The van der Waals surface area contributed by atoms with Gasteiger partial charge in [-0.2, -0.15) is 11.8 Å². The van der Waals surface area contributed by atoms with Crippen molar-refractivity contribution in [2.45, 2.75) is 75.1 Å². The predicted molar refractivity (Wildman–Crippen MR) is 82.6 cm³/mol. The fourth-order valence-electron chi connectivity index (χ4n) is 3.27. The summed E-state index contributed by atoms with van der Waals surface area (Å²) in [6.45, 7) is 0.505. The fraction of sp³-hybridized carbons (Fsp3) is 0.933. The molecule has 110 valence electrons. The number of hydrogen-bond acceptors (Lipinski definition) is 3. The third-order valence-corrected chi connectivity index (χ3v) is 5.67. The van der Waals surface area contributed by atoms with Crippen molar-refractivity contribution in [1.82, 2.24) is 10.6 Å². The van der Waals surface area contributed by atoms with E-state index in [2.05, 4.69) is 16.9 Å². The Balaban J connectivity index is 1.58. The van der Waals surface area contributed by atoms with E-state index in [0.717, 1.165) is 5.25 Å². The number of thioether (sulfide) groups is 1. The van der Waals surface area contributed by atoms with Crippen LogP contribution in [0.1, 0.15) is 57.8 Å². The number of carbonyl (C=O) groups excluding carboxylic acids is 1. The van der Waals surface area contributed by atoms with Gasteiger partial charge in [0.05, 0.1) is 6.54 Å². The average molecular weight is 284 g/mol. The lowest BCUT2D eigenvalue weighted by Crippen LogP contribution is -2.44. The first kappa shape index (κ1) is 15.2. The smallest absolute Gasteiger partial charge is 0.234 e. The Morgan fingerprint density at radius 3 is 2.32 bits per heavy atom. The second kappa shape index (κ2) is 8.15. The number of nitrogens with one attached hydrogen (secondary N) is 2. The van der Waals surface area contributed by atoms with Gasteiger partial charge in [-0.1, -0.05) is 19.3 Å². The van der Waals surface area contributed by atoms with Crippen LogP contribution in [0, 0.1) is 0 Å². The van der Waals surface area contributed by atoms with Crippen LogP contribution >= 0.6 is 11.8 Å². The zero-order valence-electron chi connectivity index (χ0n) is 12.1. The van der Waals surface area contributed by atoms with Crippen molar-refractivity contribution in [1.29, 1.82) is 0 Å². The lowest BCUT2D eigenvalue weighted by Gasteiger charge is -2.28. The van der Waals surface area contributed by atoms with Gasteiger partial charge in [0.2, 0.25) is 5.91 Å². The van der Waals surface area contributed by atoms with E-state index >= 15 is 0 Å². The molecule has 0 aliphatic heterocycles. The van der Waals surface area contributed by atoms with E-state index in [1.165, 1.54) is 57.8 Å². The fourth-order valence-corrected chi connectivity index (χ4v) is 4.01. The van der Waals surface area contributed by atoms with Gasteiger partial charge in [0.1, 0.15) is 0 Å². The molecule has 19 heavy (non-hydrogen) atoms. The molecule has 1 amide bonds. The largest absolute Gasteiger partial charge is 0.352 e. The van der Waals surface area contributed by atoms with Gasteiger partial charge < -0.3 is 10.6 Å². The van der Waals surface area contributed by atoms with Crippen LogP contribution in [0.5, 0.6) is 0 Å². The van der Waals surface area contributed by atoms with Crippen molar-refractivity contribution in [2.24, 2.45) is 0 Å². The van der Waals surface area contributed by atoms with Gasteiger partial charge in [-0.25, -0.2) is 0 Å². The topological polar surface area (TPSA) is 41.1 Å². The first-order chi connectivity index (χ1) is 9.28. The molecule has 2 saturated carbocycles. The molecule has 4 heteroatoms. The van der Waals surface area contributed by atoms with Crippen molar-refractivity contribution in [3.8, 4) is 0 Å². The van der Waals surface area contributed by atoms with Gasteiger partial charge in [0.25, 0.3) is 0 Å². The molecule has 0 aromatic carbocycles. The molecule has 0 radical (unpaired) electrons. The Morgan fingerprint density at radius 2 is 1.68 bits per heavy atom. The molecule has 0 atom stereocenters. The van der Waals surface area contributed by atoms with Crippen molar-refractivity contribution < 1.29 is 4.79 Å². The lowest BCUT2D eigenvalue weighted by molar-refractivity contribution is -0.121. The maximum absolute atomic E-state index is 11.9. The van der Waals surface area contributed by atoms with Crippen molar-refractivity contribution in [2.75, 3.05) is 12.8 Å². The van der Waals surface area contributed by atoms with E-state index in [4.69, 9.17) is 0 Å². The molecule has 2 fully saturated rings. The molecule has 2 aliphatic carbocycles. The van der Waals surface area contributed by atoms with Crippen LogP contribution in [0.4, 0.5) is 0 Å². The van der Waals surface area contributed by atoms with Gasteiger partial charge in [0.15, 0.2) is 0 Å². The summed E-state index contributed by atoms with van der Waals surface area (Å²) in [7, 11) is 0. The second-order valence-electron chi connectivity index (χ2n) is 5.99. The number of rotatable bonds is 5. The molecule has 0 unspecified atom stereocenters. The standard InChI is InChI=1S/C15H28N2OS/c1-19-14-9-7-12(8-10-14)16-11-15(18)17-13-5-3-2-4-6-13/h12-14,16H,2-11H2,1H3,(H,17,18). The molecule has 0 aromatic heterocycles. The molecule has 0 bridgehead atoms. The maximum atomic E-state index is 11.9. The number of carbonyl (C=O) groups is 1. The van der Waals surface area contributed by atoms with Crippen LogP contribution in [0.2, 0.25) is 0 Å². The molecule has 0 aromatic rings. The molecular weight excluding hydrogens is 256 g/mol. The molecular formula is C15H28N2OS. The summed E-state index contributed by atoms with van der Waals surface area (Å²) in [5.41, 5.74) is 0. The second-order valence-corrected chi connectivity index (χ2v) is 7.13. The number of amides is 1. The van der Waals surface area contributed by atoms with Crippen LogP contribution in [0.15, 0.2) is 0 Å². The summed E-state index contributed by atoms with van der Waals surface area (Å²) in [5, 5.41) is 7.45. The van der Waals surface area contributed by atoms with Gasteiger partial charge in [-0.05, 0) is 44.8 Å². The molecule has 0 saturated heterocycles. The molecule has 0 spiro atoms. The van der Waals surface area contributed by atoms with Gasteiger partial charge in [-0.15, -0.1) is 0 Å². The van der Waals surface area contributed by atoms with Crippen LogP contribution in [0.3, 0.4) is 0 Å². The van der Waals surface area contributed by atoms with Crippen LogP contribution in [-0.2, 0) is 4.79 Å². The van der Waals surface area contributed by atoms with E-state index in [9.17, 15) is 4.79 Å². The van der Waals surface area contributed by atoms with E-state index in [-0.39, 0.29) is 5.91 Å². The third-order valence-electron chi connectivity index (χ3n) is 4.53. The van der Waals surface area contributed by atoms with Crippen molar-refractivity contribution in [3.63, 3.8) is 0 Å². The Kier molecular flexibility index (Phi) is 6.51. The lowest BCUT2D eigenvalue weighted by atomic mass is 9.94. The summed E-state index contributed by atoms with van der Waals surface area (Å²) in [6.07, 6.45) is 13.5. The van der Waals surface area contributed by atoms with E-state index < -0.39 is 0 Å². The van der Waals surface area contributed by atoms with E-state index in [1.807, 2.05) is 11.8 Å². The van der Waals surface area contributed by atoms with Crippen LogP contribution < -0.4 is 10.6 Å². The minimum Gasteiger partial charge on any atom is -0.352 e. The summed E-state index contributed by atoms with van der Waals surface area (Å²) in [4.78, 5) is 11.9. The highest BCUT2D eigenvalue weighted by Crippen LogP contribution is 2.26. The quantitative estimate of drug-likeness (QED) is 0.815. The highest BCUT2D eigenvalue weighted by molar-refractivity contribution is 7.99. The van der Waals surface area contributed by atoms with E-state index in [1.54, 1.807) is 0 Å². The van der Waals surface area contributed by atoms with Gasteiger partial charge in [0, 0.05) is 17.3 Å².